The standard InChI is InChI=1S/C18H17N3O4/c1-11-15(16(21-25-11)12-5-3-2-4-6-12)17(23)13-9-14(20-10-13)18(24)19-7-8-22/h2-6,9-10,20,22H,7-8H2,1H3,(H,19,24). The van der Waals surface area contributed by atoms with E-state index in [2.05, 4.69) is 15.5 Å². The lowest BCUT2D eigenvalue weighted by atomic mass is 9.99. The first-order valence-corrected chi connectivity index (χ1v) is 7.75. The van der Waals surface area contributed by atoms with Gasteiger partial charge in [-0.3, -0.25) is 9.59 Å². The van der Waals surface area contributed by atoms with Gasteiger partial charge in [0.15, 0.2) is 5.78 Å². The van der Waals surface area contributed by atoms with Crippen LogP contribution in [0, 0.1) is 6.92 Å². The summed E-state index contributed by atoms with van der Waals surface area (Å²) in [5.74, 6) is -0.259. The maximum atomic E-state index is 12.9. The number of nitrogens with one attached hydrogen (secondary N) is 2. The summed E-state index contributed by atoms with van der Waals surface area (Å²) in [6.07, 6.45) is 1.47. The van der Waals surface area contributed by atoms with Gasteiger partial charge in [-0.05, 0) is 13.0 Å². The number of aryl methyl sites for hydroxylation is 1. The number of amides is 1. The summed E-state index contributed by atoms with van der Waals surface area (Å²) in [5.41, 5.74) is 2.19. The number of H-pyrrole nitrogens is 1. The Labute approximate surface area is 143 Å². The van der Waals surface area contributed by atoms with Gasteiger partial charge in [0.05, 0.1) is 12.2 Å². The second kappa shape index (κ2) is 7.14. The predicted octanol–water partition coefficient (Wildman–Crippen LogP) is 1.93. The molecule has 0 atom stereocenters. The highest BCUT2D eigenvalue weighted by molar-refractivity contribution is 6.13. The minimum atomic E-state index is -0.390. The number of hydrogen-bond acceptors (Lipinski definition) is 5. The molecule has 0 aliphatic rings. The number of ketones is 1. The lowest BCUT2D eigenvalue weighted by Crippen LogP contribution is -2.26. The number of aromatic amines is 1. The van der Waals surface area contributed by atoms with Gasteiger partial charge in [0.25, 0.3) is 5.91 Å². The molecule has 7 heteroatoms. The molecule has 0 bridgehead atoms. The Morgan fingerprint density at radius 3 is 2.76 bits per heavy atom. The third kappa shape index (κ3) is 3.36. The fourth-order valence-electron chi connectivity index (χ4n) is 2.50. The van der Waals surface area contributed by atoms with Gasteiger partial charge in [0.2, 0.25) is 0 Å². The molecule has 0 fully saturated rings. The van der Waals surface area contributed by atoms with Crippen LogP contribution in [0.3, 0.4) is 0 Å². The molecule has 3 N–H and O–H groups in total. The largest absolute Gasteiger partial charge is 0.395 e. The SMILES string of the molecule is Cc1onc(-c2ccccc2)c1C(=O)c1c[nH]c(C(=O)NCCO)c1. The van der Waals surface area contributed by atoms with Crippen LogP contribution >= 0.6 is 0 Å². The summed E-state index contributed by atoms with van der Waals surface area (Å²) in [7, 11) is 0. The Kier molecular flexibility index (Phi) is 4.76. The number of aliphatic hydroxyl groups is 1. The zero-order valence-electron chi connectivity index (χ0n) is 13.6. The van der Waals surface area contributed by atoms with Crippen molar-refractivity contribution in [2.24, 2.45) is 0 Å². The van der Waals surface area contributed by atoms with E-state index in [9.17, 15) is 9.59 Å². The molecule has 0 saturated heterocycles. The molecule has 1 amide bonds. The molecule has 3 rings (SSSR count). The molecule has 0 radical (unpaired) electrons. The Bertz CT molecular complexity index is 896. The summed E-state index contributed by atoms with van der Waals surface area (Å²) >= 11 is 0. The second-order valence-corrected chi connectivity index (χ2v) is 5.44. The van der Waals surface area contributed by atoms with Gasteiger partial charge in [-0.2, -0.15) is 0 Å². The minimum absolute atomic E-state index is 0.143. The third-order valence-electron chi connectivity index (χ3n) is 3.72. The molecule has 0 unspecified atom stereocenters. The van der Waals surface area contributed by atoms with E-state index in [1.165, 1.54) is 12.3 Å². The van der Waals surface area contributed by atoms with E-state index >= 15 is 0 Å². The highest BCUT2D eigenvalue weighted by atomic mass is 16.5. The van der Waals surface area contributed by atoms with Gasteiger partial charge in [0, 0.05) is 23.9 Å². The van der Waals surface area contributed by atoms with E-state index in [1.807, 2.05) is 30.3 Å². The number of carbonyl (C=O) groups excluding carboxylic acids is 2. The molecular formula is C18H17N3O4. The van der Waals surface area contributed by atoms with E-state index in [0.717, 1.165) is 5.56 Å². The summed E-state index contributed by atoms with van der Waals surface area (Å²) in [4.78, 5) is 27.5. The summed E-state index contributed by atoms with van der Waals surface area (Å²) < 4.78 is 5.21. The van der Waals surface area contributed by atoms with Crippen LogP contribution in [0.4, 0.5) is 0 Å². The molecule has 0 aliphatic heterocycles. The van der Waals surface area contributed by atoms with Crippen molar-refractivity contribution in [3.05, 3.63) is 65.2 Å². The zero-order valence-corrected chi connectivity index (χ0v) is 13.6. The maximum absolute atomic E-state index is 12.9. The number of carbonyl (C=O) groups is 2. The number of aromatic nitrogens is 2. The van der Waals surface area contributed by atoms with Crippen molar-refractivity contribution in [3.63, 3.8) is 0 Å². The van der Waals surface area contributed by atoms with Crippen molar-refractivity contribution in [1.82, 2.24) is 15.5 Å². The number of nitrogens with zero attached hydrogens (tertiary/aromatic N) is 1. The first kappa shape index (κ1) is 16.7. The molecule has 0 saturated carbocycles. The van der Waals surface area contributed by atoms with Gasteiger partial charge in [-0.25, -0.2) is 0 Å². The molecule has 0 spiro atoms. The van der Waals surface area contributed by atoms with Crippen molar-refractivity contribution >= 4 is 11.7 Å². The highest BCUT2D eigenvalue weighted by Crippen LogP contribution is 2.27. The van der Waals surface area contributed by atoms with Crippen molar-refractivity contribution in [1.29, 1.82) is 0 Å². The van der Waals surface area contributed by atoms with E-state index in [4.69, 9.17) is 9.63 Å². The lowest BCUT2D eigenvalue weighted by Gasteiger charge is -2.01. The highest BCUT2D eigenvalue weighted by Gasteiger charge is 2.24. The molecule has 3 aromatic rings. The average molecular weight is 339 g/mol. The summed E-state index contributed by atoms with van der Waals surface area (Å²) in [5, 5.41) is 15.3. The van der Waals surface area contributed by atoms with E-state index < -0.39 is 5.91 Å². The predicted molar refractivity (Wildman–Crippen MR) is 90.3 cm³/mol. The fourth-order valence-corrected chi connectivity index (χ4v) is 2.50. The third-order valence-corrected chi connectivity index (χ3v) is 3.72. The van der Waals surface area contributed by atoms with Crippen molar-refractivity contribution < 1.29 is 19.2 Å². The zero-order chi connectivity index (χ0) is 17.8. The number of hydrogen-bond donors (Lipinski definition) is 3. The molecule has 7 nitrogen and oxygen atoms in total. The van der Waals surface area contributed by atoms with Crippen LogP contribution in [0.1, 0.15) is 32.2 Å². The van der Waals surface area contributed by atoms with Crippen LogP contribution < -0.4 is 5.32 Å². The molecule has 2 aromatic heterocycles. The summed E-state index contributed by atoms with van der Waals surface area (Å²) in [6.45, 7) is 1.66. The van der Waals surface area contributed by atoms with Crippen LogP contribution in [0.15, 0.2) is 47.1 Å². The van der Waals surface area contributed by atoms with Gasteiger partial charge >= 0.3 is 0 Å². The van der Waals surface area contributed by atoms with Gasteiger partial charge in [-0.15, -0.1) is 0 Å². The second-order valence-electron chi connectivity index (χ2n) is 5.44. The normalized spacial score (nSPS) is 10.6. The van der Waals surface area contributed by atoms with Gasteiger partial charge in [0.1, 0.15) is 17.1 Å². The van der Waals surface area contributed by atoms with Gasteiger partial charge in [-0.1, -0.05) is 35.5 Å². The molecule has 1 aromatic carbocycles. The van der Waals surface area contributed by atoms with Crippen molar-refractivity contribution in [2.75, 3.05) is 13.2 Å². The summed E-state index contributed by atoms with van der Waals surface area (Å²) in [6, 6.07) is 10.7. The molecule has 25 heavy (non-hydrogen) atoms. The Morgan fingerprint density at radius 2 is 2.04 bits per heavy atom. The monoisotopic (exact) mass is 339 g/mol. The Balaban J connectivity index is 1.91. The van der Waals surface area contributed by atoms with E-state index in [1.54, 1.807) is 6.92 Å². The van der Waals surface area contributed by atoms with Crippen molar-refractivity contribution in [3.8, 4) is 11.3 Å². The quantitative estimate of drug-likeness (QED) is 0.595. The molecule has 128 valence electrons. The first-order valence-electron chi connectivity index (χ1n) is 7.75. The number of rotatable bonds is 6. The van der Waals surface area contributed by atoms with Gasteiger partial charge < -0.3 is 19.9 Å². The van der Waals surface area contributed by atoms with Crippen LogP contribution in [0.5, 0.6) is 0 Å². The Hall–Kier alpha value is -3.19. The lowest BCUT2D eigenvalue weighted by molar-refractivity contribution is 0.0940. The average Bonchev–Trinajstić information content (AvgIpc) is 3.27. The molecule has 0 aliphatic carbocycles. The topological polar surface area (TPSA) is 108 Å². The van der Waals surface area contributed by atoms with E-state index in [0.29, 0.717) is 22.6 Å². The number of aliphatic hydroxyl groups excluding tert-OH is 1. The number of benzene rings is 1. The van der Waals surface area contributed by atoms with Crippen LogP contribution in [0.25, 0.3) is 11.3 Å². The first-order chi connectivity index (χ1) is 12.1. The Morgan fingerprint density at radius 1 is 1.28 bits per heavy atom. The molecule has 2 heterocycles. The maximum Gasteiger partial charge on any atom is 0.267 e. The minimum Gasteiger partial charge on any atom is -0.395 e. The van der Waals surface area contributed by atoms with Crippen LogP contribution in [-0.4, -0.2) is 40.1 Å². The van der Waals surface area contributed by atoms with Crippen LogP contribution in [-0.2, 0) is 0 Å². The molecular weight excluding hydrogens is 322 g/mol. The van der Waals surface area contributed by atoms with Crippen molar-refractivity contribution in [2.45, 2.75) is 6.92 Å². The fraction of sp³-hybridized carbons (Fsp3) is 0.167. The van der Waals surface area contributed by atoms with Crippen LogP contribution in [0.2, 0.25) is 0 Å². The smallest absolute Gasteiger partial charge is 0.267 e. The van der Waals surface area contributed by atoms with E-state index in [-0.39, 0.29) is 24.6 Å².